The summed E-state index contributed by atoms with van der Waals surface area (Å²) in [6.45, 7) is 10.0. The summed E-state index contributed by atoms with van der Waals surface area (Å²) in [6.07, 6.45) is 0.974. The van der Waals surface area contributed by atoms with Gasteiger partial charge in [0.05, 0.1) is 10.7 Å². The molecule has 0 aliphatic carbocycles. The SMILES string of the molecule is CN=C(NCCc1sc(C)nc1C)NCc1ccc(C)cc1C. The van der Waals surface area contributed by atoms with E-state index >= 15 is 0 Å². The molecule has 0 spiro atoms. The lowest BCUT2D eigenvalue weighted by molar-refractivity contribution is 0.794. The molecule has 1 aromatic carbocycles. The Hall–Kier alpha value is -1.88. The third kappa shape index (κ3) is 5.06. The van der Waals surface area contributed by atoms with Gasteiger partial charge in [-0.3, -0.25) is 4.99 Å². The number of nitrogens with zero attached hydrogens (tertiary/aromatic N) is 2. The number of aryl methyl sites for hydroxylation is 4. The van der Waals surface area contributed by atoms with Crippen molar-refractivity contribution in [2.45, 2.75) is 40.7 Å². The summed E-state index contributed by atoms with van der Waals surface area (Å²) in [5, 5.41) is 7.89. The third-order valence-corrected chi connectivity index (χ3v) is 4.94. The van der Waals surface area contributed by atoms with Gasteiger partial charge >= 0.3 is 0 Å². The first-order valence-corrected chi connectivity index (χ1v) is 8.75. The Morgan fingerprint density at radius 1 is 1.17 bits per heavy atom. The Labute approximate surface area is 143 Å². The highest BCUT2D eigenvalue weighted by Crippen LogP contribution is 2.17. The Morgan fingerprint density at radius 2 is 1.96 bits per heavy atom. The summed E-state index contributed by atoms with van der Waals surface area (Å²) < 4.78 is 0. The van der Waals surface area contributed by atoms with Crippen molar-refractivity contribution in [2.24, 2.45) is 4.99 Å². The van der Waals surface area contributed by atoms with E-state index in [0.717, 1.165) is 36.2 Å². The molecule has 0 aliphatic heterocycles. The molecule has 124 valence electrons. The van der Waals surface area contributed by atoms with Crippen LogP contribution in [0.1, 0.15) is 32.3 Å². The van der Waals surface area contributed by atoms with Crippen LogP contribution in [0.2, 0.25) is 0 Å². The monoisotopic (exact) mass is 330 g/mol. The van der Waals surface area contributed by atoms with Crippen LogP contribution in [-0.4, -0.2) is 24.5 Å². The Morgan fingerprint density at radius 3 is 2.57 bits per heavy atom. The quantitative estimate of drug-likeness (QED) is 0.653. The molecule has 0 bridgehead atoms. The van der Waals surface area contributed by atoms with E-state index in [1.165, 1.54) is 21.6 Å². The number of guanidine groups is 1. The van der Waals surface area contributed by atoms with Crippen LogP contribution in [0, 0.1) is 27.7 Å². The van der Waals surface area contributed by atoms with Gasteiger partial charge in [-0.05, 0) is 38.8 Å². The van der Waals surface area contributed by atoms with Crippen molar-refractivity contribution in [1.29, 1.82) is 0 Å². The molecule has 2 N–H and O–H groups in total. The molecular weight excluding hydrogens is 304 g/mol. The fourth-order valence-corrected chi connectivity index (χ4v) is 3.48. The molecule has 4 nitrogen and oxygen atoms in total. The van der Waals surface area contributed by atoms with Crippen LogP contribution in [0.25, 0.3) is 0 Å². The minimum Gasteiger partial charge on any atom is -0.356 e. The van der Waals surface area contributed by atoms with E-state index in [9.17, 15) is 0 Å². The number of hydrogen-bond acceptors (Lipinski definition) is 3. The molecule has 23 heavy (non-hydrogen) atoms. The molecule has 0 aliphatic rings. The van der Waals surface area contributed by atoms with E-state index in [1.807, 2.05) is 0 Å². The average Bonchev–Trinajstić information content (AvgIpc) is 2.82. The normalized spacial score (nSPS) is 11.6. The second-order valence-electron chi connectivity index (χ2n) is 5.77. The Kier molecular flexibility index (Phi) is 6.16. The molecular formula is C18H26N4S. The number of nitrogens with one attached hydrogen (secondary N) is 2. The number of benzene rings is 1. The van der Waals surface area contributed by atoms with Crippen LogP contribution in [0.5, 0.6) is 0 Å². The lowest BCUT2D eigenvalue weighted by atomic mass is 10.1. The zero-order chi connectivity index (χ0) is 16.8. The molecule has 0 atom stereocenters. The predicted molar refractivity (Wildman–Crippen MR) is 99.4 cm³/mol. The lowest BCUT2D eigenvalue weighted by Gasteiger charge is -2.13. The van der Waals surface area contributed by atoms with Crippen molar-refractivity contribution in [1.82, 2.24) is 15.6 Å². The first-order valence-electron chi connectivity index (χ1n) is 7.93. The third-order valence-electron chi connectivity index (χ3n) is 3.81. The lowest BCUT2D eigenvalue weighted by Crippen LogP contribution is -2.38. The van der Waals surface area contributed by atoms with Crippen LogP contribution in [0.3, 0.4) is 0 Å². The number of aliphatic imine (C=N–C) groups is 1. The van der Waals surface area contributed by atoms with Gasteiger partial charge in [-0.1, -0.05) is 23.8 Å². The number of rotatable bonds is 5. The van der Waals surface area contributed by atoms with Crippen molar-refractivity contribution in [2.75, 3.05) is 13.6 Å². The van der Waals surface area contributed by atoms with Crippen LogP contribution in [0.15, 0.2) is 23.2 Å². The minimum absolute atomic E-state index is 0.782. The van der Waals surface area contributed by atoms with Crippen LogP contribution < -0.4 is 10.6 Å². The zero-order valence-electron chi connectivity index (χ0n) is 14.7. The highest BCUT2D eigenvalue weighted by atomic mass is 32.1. The number of aromatic nitrogens is 1. The van der Waals surface area contributed by atoms with E-state index in [1.54, 1.807) is 18.4 Å². The van der Waals surface area contributed by atoms with Gasteiger partial charge in [-0.2, -0.15) is 0 Å². The molecule has 1 aromatic heterocycles. The van der Waals surface area contributed by atoms with E-state index in [-0.39, 0.29) is 0 Å². The molecule has 2 rings (SSSR count). The van der Waals surface area contributed by atoms with Crippen molar-refractivity contribution < 1.29 is 0 Å². The smallest absolute Gasteiger partial charge is 0.191 e. The molecule has 0 unspecified atom stereocenters. The molecule has 1 heterocycles. The summed E-state index contributed by atoms with van der Waals surface area (Å²) in [5.74, 6) is 0.837. The first-order chi connectivity index (χ1) is 11.0. The van der Waals surface area contributed by atoms with Crippen LogP contribution in [0.4, 0.5) is 0 Å². The van der Waals surface area contributed by atoms with Gasteiger partial charge in [-0.15, -0.1) is 11.3 Å². The van der Waals surface area contributed by atoms with Gasteiger partial charge < -0.3 is 10.6 Å². The summed E-state index contributed by atoms with van der Waals surface area (Å²) >= 11 is 1.78. The topological polar surface area (TPSA) is 49.3 Å². The summed E-state index contributed by atoms with van der Waals surface area (Å²) in [7, 11) is 1.80. The van der Waals surface area contributed by atoms with Gasteiger partial charge in [-0.25, -0.2) is 4.98 Å². The molecule has 0 saturated heterocycles. The second kappa shape index (κ2) is 8.11. The van der Waals surface area contributed by atoms with E-state index in [2.05, 4.69) is 66.5 Å². The molecule has 0 radical (unpaired) electrons. The number of hydrogen-bond donors (Lipinski definition) is 2. The highest BCUT2D eigenvalue weighted by Gasteiger charge is 2.05. The Balaban J connectivity index is 1.82. The maximum absolute atomic E-state index is 4.47. The van der Waals surface area contributed by atoms with Crippen LogP contribution >= 0.6 is 11.3 Å². The van der Waals surface area contributed by atoms with E-state index in [4.69, 9.17) is 0 Å². The van der Waals surface area contributed by atoms with Gasteiger partial charge in [0.2, 0.25) is 0 Å². The van der Waals surface area contributed by atoms with E-state index < -0.39 is 0 Å². The summed E-state index contributed by atoms with van der Waals surface area (Å²) in [4.78, 5) is 10.1. The van der Waals surface area contributed by atoms with Crippen molar-refractivity contribution in [3.8, 4) is 0 Å². The van der Waals surface area contributed by atoms with Gasteiger partial charge in [0.1, 0.15) is 0 Å². The minimum atomic E-state index is 0.782. The molecule has 0 saturated carbocycles. The maximum atomic E-state index is 4.47. The molecule has 5 heteroatoms. The van der Waals surface area contributed by atoms with Crippen molar-refractivity contribution in [3.05, 3.63) is 50.5 Å². The molecule has 0 amide bonds. The average molecular weight is 331 g/mol. The number of thiazole rings is 1. The van der Waals surface area contributed by atoms with Gasteiger partial charge in [0.15, 0.2) is 5.96 Å². The van der Waals surface area contributed by atoms with E-state index in [0.29, 0.717) is 0 Å². The van der Waals surface area contributed by atoms with Crippen molar-refractivity contribution in [3.63, 3.8) is 0 Å². The summed E-state index contributed by atoms with van der Waals surface area (Å²) in [5.41, 5.74) is 5.05. The second-order valence-corrected chi connectivity index (χ2v) is 7.06. The van der Waals surface area contributed by atoms with Gasteiger partial charge in [0.25, 0.3) is 0 Å². The van der Waals surface area contributed by atoms with Gasteiger partial charge in [0, 0.05) is 31.4 Å². The first kappa shape index (κ1) is 17.5. The standard InChI is InChI=1S/C18H26N4S/c1-12-6-7-16(13(2)10-12)11-21-18(19-5)20-9-8-17-14(3)22-15(4)23-17/h6-7,10H,8-9,11H2,1-5H3,(H2,19,20,21). The highest BCUT2D eigenvalue weighted by molar-refractivity contribution is 7.11. The summed E-state index contributed by atoms with van der Waals surface area (Å²) in [6, 6.07) is 6.53. The Bertz CT molecular complexity index is 688. The maximum Gasteiger partial charge on any atom is 0.191 e. The molecule has 2 aromatic rings. The largest absolute Gasteiger partial charge is 0.356 e. The fourth-order valence-electron chi connectivity index (χ4n) is 2.54. The van der Waals surface area contributed by atoms with Crippen molar-refractivity contribution >= 4 is 17.3 Å². The fraction of sp³-hybridized carbons (Fsp3) is 0.444. The predicted octanol–water partition coefficient (Wildman–Crippen LogP) is 3.28. The molecule has 0 fully saturated rings. The zero-order valence-corrected chi connectivity index (χ0v) is 15.5. The van der Waals surface area contributed by atoms with Crippen LogP contribution in [-0.2, 0) is 13.0 Å².